The van der Waals surface area contributed by atoms with Crippen LogP contribution >= 0.6 is 0 Å². The van der Waals surface area contributed by atoms with Gasteiger partial charge in [-0.2, -0.15) is 0 Å². The first kappa shape index (κ1) is 22.7. The molecule has 0 spiro atoms. The van der Waals surface area contributed by atoms with Crippen molar-refractivity contribution in [2.45, 2.75) is 26.7 Å². The average Bonchev–Trinajstić information content (AvgIpc) is 3.08. The maximum absolute atomic E-state index is 13.1. The Labute approximate surface area is 185 Å². The lowest BCUT2D eigenvalue weighted by Crippen LogP contribution is -2.33. The van der Waals surface area contributed by atoms with Crippen molar-refractivity contribution < 1.29 is 28.7 Å². The molecule has 0 saturated carbocycles. The summed E-state index contributed by atoms with van der Waals surface area (Å²) in [5.41, 5.74) is 0.790. The molecule has 166 valence electrons. The second-order valence-corrected chi connectivity index (χ2v) is 7.00. The van der Waals surface area contributed by atoms with Gasteiger partial charge >= 0.3 is 11.9 Å². The maximum Gasteiger partial charge on any atom is 0.340 e. The summed E-state index contributed by atoms with van der Waals surface area (Å²) < 4.78 is 10.4. The number of para-hydroxylation sites is 2. The normalized spacial score (nSPS) is 13.1. The van der Waals surface area contributed by atoms with E-state index in [2.05, 4.69) is 5.32 Å². The highest BCUT2D eigenvalue weighted by Crippen LogP contribution is 2.28. The minimum absolute atomic E-state index is 0.0255. The topological polar surface area (TPSA) is 102 Å². The number of ether oxygens (including phenoxy) is 2. The molecule has 32 heavy (non-hydrogen) atoms. The summed E-state index contributed by atoms with van der Waals surface area (Å²) in [5.74, 6) is -2.41. The van der Waals surface area contributed by atoms with Crippen LogP contribution in [0.1, 0.15) is 47.4 Å². The lowest BCUT2D eigenvalue weighted by atomic mass is 10.1. The van der Waals surface area contributed by atoms with Crippen molar-refractivity contribution in [3.8, 4) is 0 Å². The van der Waals surface area contributed by atoms with Crippen LogP contribution in [0.25, 0.3) is 0 Å². The van der Waals surface area contributed by atoms with Gasteiger partial charge in [-0.05, 0) is 37.1 Å². The summed E-state index contributed by atoms with van der Waals surface area (Å²) >= 11 is 0. The van der Waals surface area contributed by atoms with E-state index in [1.807, 2.05) is 13.8 Å². The fraction of sp³-hybridized carbons (Fsp3) is 0.250. The second kappa shape index (κ2) is 10.4. The molecule has 2 aromatic carbocycles. The number of nitrogens with one attached hydrogen (secondary N) is 1. The zero-order valence-electron chi connectivity index (χ0n) is 17.9. The first-order valence-electron chi connectivity index (χ1n) is 10.4. The average molecular weight is 436 g/mol. The first-order chi connectivity index (χ1) is 15.5. The van der Waals surface area contributed by atoms with E-state index in [0.717, 1.165) is 11.0 Å². The van der Waals surface area contributed by atoms with Gasteiger partial charge in [-0.15, -0.1) is 0 Å². The van der Waals surface area contributed by atoms with Crippen molar-refractivity contribution in [3.63, 3.8) is 0 Å². The summed E-state index contributed by atoms with van der Waals surface area (Å²) in [5, 5.41) is 2.86. The quantitative estimate of drug-likeness (QED) is 0.472. The highest BCUT2D eigenvalue weighted by atomic mass is 16.5. The molecule has 8 heteroatoms. The van der Waals surface area contributed by atoms with E-state index in [0.29, 0.717) is 18.5 Å². The van der Waals surface area contributed by atoms with Crippen LogP contribution in [-0.4, -0.2) is 37.0 Å². The van der Waals surface area contributed by atoms with Gasteiger partial charge in [-0.1, -0.05) is 38.1 Å². The largest absolute Gasteiger partial charge is 0.462 e. The van der Waals surface area contributed by atoms with Crippen LogP contribution in [0.5, 0.6) is 0 Å². The number of hydrogen-bond donors (Lipinski definition) is 1. The third kappa shape index (κ3) is 4.85. The fourth-order valence-electron chi connectivity index (χ4n) is 3.09. The number of carbonyl (C=O) groups excluding carboxylic acids is 4. The lowest BCUT2D eigenvalue weighted by Gasteiger charge is -2.18. The molecule has 1 aliphatic rings. The monoisotopic (exact) mass is 436 g/mol. The third-order valence-electron chi connectivity index (χ3n) is 4.58. The van der Waals surface area contributed by atoms with Crippen molar-refractivity contribution in [2.75, 3.05) is 23.4 Å². The van der Waals surface area contributed by atoms with Crippen molar-refractivity contribution >= 4 is 35.1 Å². The molecular weight excluding hydrogens is 412 g/mol. The van der Waals surface area contributed by atoms with Gasteiger partial charge in [0.1, 0.15) is 5.70 Å². The molecule has 0 unspecified atom stereocenters. The minimum atomic E-state index is -0.650. The molecule has 0 aromatic heterocycles. The number of hydrogen-bond acceptors (Lipinski definition) is 7. The number of anilines is 2. The Bertz CT molecular complexity index is 1080. The number of amides is 2. The smallest absolute Gasteiger partial charge is 0.340 e. The van der Waals surface area contributed by atoms with E-state index in [9.17, 15) is 19.2 Å². The molecule has 0 saturated heterocycles. The molecule has 1 heterocycles. The second-order valence-electron chi connectivity index (χ2n) is 7.00. The Hall–Kier alpha value is -3.94. The van der Waals surface area contributed by atoms with Gasteiger partial charge in [-0.3, -0.25) is 9.59 Å². The van der Waals surface area contributed by atoms with E-state index in [4.69, 9.17) is 9.47 Å². The molecule has 1 N–H and O–H groups in total. The van der Waals surface area contributed by atoms with Crippen molar-refractivity contribution in [1.29, 1.82) is 0 Å². The van der Waals surface area contributed by atoms with Gasteiger partial charge in [-0.25, -0.2) is 14.5 Å². The van der Waals surface area contributed by atoms with Gasteiger partial charge in [0.25, 0.3) is 11.8 Å². The lowest BCUT2D eigenvalue weighted by molar-refractivity contribution is -0.120. The summed E-state index contributed by atoms with van der Waals surface area (Å²) in [4.78, 5) is 51.4. The van der Waals surface area contributed by atoms with Crippen LogP contribution in [0.2, 0.25) is 0 Å². The van der Waals surface area contributed by atoms with Crippen LogP contribution in [0, 0.1) is 0 Å². The molecular formula is C24H24N2O6. The van der Waals surface area contributed by atoms with Crippen LogP contribution in [-0.2, 0) is 19.1 Å². The van der Waals surface area contributed by atoms with Crippen LogP contribution < -0.4 is 10.2 Å². The predicted octanol–water partition coefficient (Wildman–Crippen LogP) is 3.69. The van der Waals surface area contributed by atoms with Gasteiger partial charge in [0.2, 0.25) is 0 Å². The zero-order chi connectivity index (χ0) is 23.1. The minimum Gasteiger partial charge on any atom is -0.462 e. The summed E-state index contributed by atoms with van der Waals surface area (Å²) in [6.07, 6.45) is 2.45. The Balaban J connectivity index is 1.85. The predicted molar refractivity (Wildman–Crippen MR) is 118 cm³/mol. The summed E-state index contributed by atoms with van der Waals surface area (Å²) in [7, 11) is 0. The summed E-state index contributed by atoms with van der Waals surface area (Å²) in [6, 6.07) is 12.8. The SMILES string of the molecule is CCCOC(=O)c1ccccc1NC1=CC(=O)N(c2ccccc2C(=O)OCCC)C1=O. The van der Waals surface area contributed by atoms with E-state index in [1.165, 1.54) is 12.1 Å². The number of carbonyl (C=O) groups is 4. The Morgan fingerprint density at radius 3 is 2.06 bits per heavy atom. The van der Waals surface area contributed by atoms with Gasteiger partial charge in [0.05, 0.1) is 35.7 Å². The Morgan fingerprint density at radius 1 is 0.844 bits per heavy atom. The number of benzene rings is 2. The van der Waals surface area contributed by atoms with Gasteiger partial charge in [0, 0.05) is 6.08 Å². The maximum atomic E-state index is 13.1. The number of imide groups is 1. The molecule has 0 aliphatic carbocycles. The molecule has 2 amide bonds. The molecule has 0 radical (unpaired) electrons. The fourth-order valence-corrected chi connectivity index (χ4v) is 3.09. The van der Waals surface area contributed by atoms with Gasteiger partial charge in [0.15, 0.2) is 0 Å². The Kier molecular flexibility index (Phi) is 7.38. The van der Waals surface area contributed by atoms with E-state index in [1.54, 1.807) is 36.4 Å². The standard InChI is InChI=1S/C24H24N2O6/c1-3-13-31-23(29)16-9-5-7-11-18(16)25-19-15-21(27)26(22(19)28)20-12-8-6-10-17(20)24(30)32-14-4-2/h5-12,15,25H,3-4,13-14H2,1-2H3. The van der Waals surface area contributed by atoms with Gasteiger partial charge < -0.3 is 14.8 Å². The number of rotatable bonds is 9. The number of esters is 2. The summed E-state index contributed by atoms with van der Waals surface area (Å²) in [6.45, 7) is 4.25. The van der Waals surface area contributed by atoms with E-state index >= 15 is 0 Å². The molecule has 0 atom stereocenters. The van der Waals surface area contributed by atoms with Crippen LogP contribution in [0.3, 0.4) is 0 Å². The van der Waals surface area contributed by atoms with Crippen molar-refractivity contribution in [2.24, 2.45) is 0 Å². The van der Waals surface area contributed by atoms with E-state index < -0.39 is 23.8 Å². The van der Waals surface area contributed by atoms with E-state index in [-0.39, 0.29) is 35.7 Å². The van der Waals surface area contributed by atoms with Crippen LogP contribution in [0.15, 0.2) is 60.3 Å². The molecule has 3 rings (SSSR count). The first-order valence-corrected chi connectivity index (χ1v) is 10.4. The van der Waals surface area contributed by atoms with Crippen molar-refractivity contribution in [1.82, 2.24) is 0 Å². The Morgan fingerprint density at radius 2 is 1.41 bits per heavy atom. The molecule has 0 fully saturated rings. The number of nitrogens with zero attached hydrogens (tertiary/aromatic N) is 1. The van der Waals surface area contributed by atoms with Crippen molar-refractivity contribution in [3.05, 3.63) is 71.4 Å². The molecule has 2 aromatic rings. The highest BCUT2D eigenvalue weighted by molar-refractivity contribution is 6.32. The van der Waals surface area contributed by atoms with Crippen LogP contribution in [0.4, 0.5) is 11.4 Å². The zero-order valence-corrected chi connectivity index (χ0v) is 17.9. The molecule has 1 aliphatic heterocycles. The third-order valence-corrected chi connectivity index (χ3v) is 4.58. The highest BCUT2D eigenvalue weighted by Gasteiger charge is 2.35. The molecule has 0 bridgehead atoms. The molecule has 8 nitrogen and oxygen atoms in total.